The van der Waals surface area contributed by atoms with Crippen LogP contribution in [0.15, 0.2) is 22.7 Å². The number of amides is 2. The monoisotopic (exact) mass is 399 g/mol. The fourth-order valence-corrected chi connectivity index (χ4v) is 2.30. The number of carbonyl (C=O) groups excluding carboxylic acids is 2. The molecule has 0 heterocycles. The molecule has 134 valence electrons. The molecule has 0 aliphatic rings. The summed E-state index contributed by atoms with van der Waals surface area (Å²) in [6.07, 6.45) is 1.22. The van der Waals surface area contributed by atoms with Crippen LogP contribution in [0.2, 0.25) is 0 Å². The van der Waals surface area contributed by atoms with Gasteiger partial charge < -0.3 is 15.8 Å². The summed E-state index contributed by atoms with van der Waals surface area (Å²) in [6.45, 7) is 7.80. The van der Waals surface area contributed by atoms with E-state index in [2.05, 4.69) is 21.2 Å². The third kappa shape index (κ3) is 7.21. The Kier molecular flexibility index (Phi) is 7.54. The van der Waals surface area contributed by atoms with Gasteiger partial charge in [0, 0.05) is 11.0 Å². The van der Waals surface area contributed by atoms with Crippen molar-refractivity contribution in [3.05, 3.63) is 22.7 Å². The Labute approximate surface area is 151 Å². The molecule has 0 radical (unpaired) electrons. The molecule has 0 aliphatic carbocycles. The molecule has 0 atom stereocenters. The van der Waals surface area contributed by atoms with Crippen molar-refractivity contribution in [3.8, 4) is 0 Å². The molecule has 0 fully saturated rings. The summed E-state index contributed by atoms with van der Waals surface area (Å²) in [5.41, 5.74) is 6.24. The van der Waals surface area contributed by atoms with Crippen LogP contribution in [-0.2, 0) is 9.53 Å². The van der Waals surface area contributed by atoms with E-state index in [0.29, 0.717) is 17.9 Å². The van der Waals surface area contributed by atoms with Crippen molar-refractivity contribution in [2.24, 2.45) is 0 Å². The number of nitrogens with one attached hydrogen (secondary N) is 1. The normalized spacial score (nSPS) is 11.0. The minimum atomic E-state index is -0.603. The highest BCUT2D eigenvalue weighted by Gasteiger charge is 2.23. The Bertz CT molecular complexity index is 585. The molecule has 7 heteroatoms. The highest BCUT2D eigenvalue weighted by molar-refractivity contribution is 9.10. The second-order valence-corrected chi connectivity index (χ2v) is 7.45. The molecule has 1 aromatic carbocycles. The van der Waals surface area contributed by atoms with Gasteiger partial charge in [-0.15, -0.1) is 0 Å². The van der Waals surface area contributed by atoms with Crippen LogP contribution in [0.4, 0.5) is 16.2 Å². The van der Waals surface area contributed by atoms with Crippen molar-refractivity contribution in [1.29, 1.82) is 0 Å². The van der Waals surface area contributed by atoms with E-state index in [1.165, 1.54) is 4.90 Å². The molecule has 0 aromatic heterocycles. The summed E-state index contributed by atoms with van der Waals surface area (Å²) < 4.78 is 6.19. The maximum Gasteiger partial charge on any atom is 0.410 e. The third-order valence-electron chi connectivity index (χ3n) is 3.06. The Balaban J connectivity index is 2.74. The first-order valence-electron chi connectivity index (χ1n) is 7.95. The summed E-state index contributed by atoms with van der Waals surface area (Å²) in [5, 5.41) is 2.73. The molecule has 2 amide bonds. The molecule has 0 saturated carbocycles. The van der Waals surface area contributed by atoms with Gasteiger partial charge in [0.05, 0.1) is 11.4 Å². The van der Waals surface area contributed by atoms with E-state index in [1.807, 2.05) is 6.92 Å². The average Bonchev–Trinajstić information content (AvgIpc) is 2.44. The van der Waals surface area contributed by atoms with Gasteiger partial charge in [0.1, 0.15) is 12.1 Å². The maximum atomic E-state index is 12.3. The fraction of sp³-hybridized carbons (Fsp3) is 0.529. The van der Waals surface area contributed by atoms with Crippen LogP contribution in [0.3, 0.4) is 0 Å². The second kappa shape index (κ2) is 8.92. The molecule has 1 rings (SSSR count). The molecule has 0 unspecified atom stereocenters. The van der Waals surface area contributed by atoms with Gasteiger partial charge in [-0.1, -0.05) is 29.3 Å². The Morgan fingerprint density at radius 3 is 2.54 bits per heavy atom. The predicted molar refractivity (Wildman–Crippen MR) is 99.9 cm³/mol. The standard InChI is InChI=1S/C17H26BrN3O3/c1-5-6-9-21(16(23)24-17(2,3)4)11-15(22)20-14-8-7-12(18)10-13(14)19/h7-8,10H,5-6,9,11,19H2,1-4H3,(H,20,22). The van der Waals surface area contributed by atoms with Crippen molar-refractivity contribution in [3.63, 3.8) is 0 Å². The molecule has 0 spiro atoms. The lowest BCUT2D eigenvalue weighted by Gasteiger charge is -2.27. The van der Waals surface area contributed by atoms with Crippen molar-refractivity contribution in [2.45, 2.75) is 46.1 Å². The molecule has 0 saturated heterocycles. The van der Waals surface area contributed by atoms with Gasteiger partial charge in [0.2, 0.25) is 5.91 Å². The molecule has 0 bridgehead atoms. The first-order valence-corrected chi connectivity index (χ1v) is 8.74. The van der Waals surface area contributed by atoms with Gasteiger partial charge >= 0.3 is 6.09 Å². The summed E-state index contributed by atoms with van der Waals surface area (Å²) >= 11 is 3.32. The number of halogens is 1. The van der Waals surface area contributed by atoms with Gasteiger partial charge in [-0.05, 0) is 45.4 Å². The molecule has 1 aromatic rings. The number of nitrogens with zero attached hydrogens (tertiary/aromatic N) is 1. The summed E-state index contributed by atoms with van der Waals surface area (Å²) in [4.78, 5) is 25.9. The van der Waals surface area contributed by atoms with Crippen LogP contribution in [0.5, 0.6) is 0 Å². The number of benzene rings is 1. The van der Waals surface area contributed by atoms with E-state index in [-0.39, 0.29) is 12.5 Å². The van der Waals surface area contributed by atoms with Gasteiger partial charge in [0.25, 0.3) is 0 Å². The number of carbonyl (C=O) groups is 2. The van der Waals surface area contributed by atoms with E-state index in [9.17, 15) is 9.59 Å². The second-order valence-electron chi connectivity index (χ2n) is 6.54. The molecule has 3 N–H and O–H groups in total. The zero-order chi connectivity index (χ0) is 18.3. The van der Waals surface area contributed by atoms with Crippen LogP contribution in [0, 0.1) is 0 Å². The number of ether oxygens (including phenoxy) is 1. The number of hydrogen-bond acceptors (Lipinski definition) is 4. The summed E-state index contributed by atoms with van der Waals surface area (Å²) in [7, 11) is 0. The predicted octanol–water partition coefficient (Wildman–Crippen LogP) is 4.01. The number of unbranched alkanes of at least 4 members (excludes halogenated alkanes) is 1. The molecule has 6 nitrogen and oxygen atoms in total. The molecular weight excluding hydrogens is 374 g/mol. The highest BCUT2D eigenvalue weighted by Crippen LogP contribution is 2.23. The number of nitrogens with two attached hydrogens (primary N) is 1. The van der Waals surface area contributed by atoms with Crippen LogP contribution >= 0.6 is 15.9 Å². The van der Waals surface area contributed by atoms with E-state index in [1.54, 1.807) is 39.0 Å². The van der Waals surface area contributed by atoms with Gasteiger partial charge in [-0.2, -0.15) is 0 Å². The number of rotatable bonds is 6. The van der Waals surface area contributed by atoms with Crippen molar-refractivity contribution in [2.75, 3.05) is 24.1 Å². The van der Waals surface area contributed by atoms with Crippen molar-refractivity contribution in [1.82, 2.24) is 4.90 Å². The minimum Gasteiger partial charge on any atom is -0.444 e. The lowest BCUT2D eigenvalue weighted by Crippen LogP contribution is -2.41. The third-order valence-corrected chi connectivity index (χ3v) is 3.55. The van der Waals surface area contributed by atoms with Crippen LogP contribution in [-0.4, -0.2) is 35.6 Å². The van der Waals surface area contributed by atoms with E-state index >= 15 is 0 Å². The zero-order valence-corrected chi connectivity index (χ0v) is 16.3. The quantitative estimate of drug-likeness (QED) is 0.707. The molecule has 0 aliphatic heterocycles. The maximum absolute atomic E-state index is 12.3. The highest BCUT2D eigenvalue weighted by atomic mass is 79.9. The smallest absolute Gasteiger partial charge is 0.410 e. The first kappa shape index (κ1) is 20.3. The number of anilines is 2. The lowest BCUT2D eigenvalue weighted by atomic mass is 10.2. The van der Waals surface area contributed by atoms with E-state index < -0.39 is 11.7 Å². The number of nitrogen functional groups attached to an aromatic ring is 1. The van der Waals surface area contributed by atoms with Gasteiger partial charge in [-0.25, -0.2) is 4.79 Å². The van der Waals surface area contributed by atoms with Crippen LogP contribution < -0.4 is 11.1 Å². The summed E-state index contributed by atoms with van der Waals surface area (Å²) in [5.74, 6) is -0.314. The average molecular weight is 400 g/mol. The zero-order valence-electron chi connectivity index (χ0n) is 14.7. The Hall–Kier alpha value is -1.76. The van der Waals surface area contributed by atoms with Gasteiger partial charge in [0.15, 0.2) is 0 Å². The molecular formula is C17H26BrN3O3. The fourth-order valence-electron chi connectivity index (χ4n) is 1.92. The van der Waals surface area contributed by atoms with E-state index in [0.717, 1.165) is 17.3 Å². The Morgan fingerprint density at radius 1 is 1.33 bits per heavy atom. The molecule has 24 heavy (non-hydrogen) atoms. The largest absolute Gasteiger partial charge is 0.444 e. The van der Waals surface area contributed by atoms with Crippen molar-refractivity contribution < 1.29 is 14.3 Å². The van der Waals surface area contributed by atoms with E-state index in [4.69, 9.17) is 10.5 Å². The van der Waals surface area contributed by atoms with Gasteiger partial charge in [-0.3, -0.25) is 9.69 Å². The van der Waals surface area contributed by atoms with Crippen LogP contribution in [0.1, 0.15) is 40.5 Å². The number of hydrogen-bond donors (Lipinski definition) is 2. The SMILES string of the molecule is CCCCN(CC(=O)Nc1ccc(Br)cc1N)C(=O)OC(C)(C)C. The van der Waals surface area contributed by atoms with Crippen LogP contribution in [0.25, 0.3) is 0 Å². The Morgan fingerprint density at radius 2 is 2.00 bits per heavy atom. The minimum absolute atomic E-state index is 0.0790. The lowest BCUT2D eigenvalue weighted by molar-refractivity contribution is -0.117. The summed E-state index contributed by atoms with van der Waals surface area (Å²) in [6, 6.07) is 5.20. The first-order chi connectivity index (χ1) is 11.1. The van der Waals surface area contributed by atoms with Crippen molar-refractivity contribution >= 4 is 39.3 Å². The topological polar surface area (TPSA) is 84.7 Å².